The van der Waals surface area contributed by atoms with Gasteiger partial charge in [0, 0.05) is 30.9 Å². The highest BCUT2D eigenvalue weighted by Gasteiger charge is 2.20. The van der Waals surface area contributed by atoms with Crippen molar-refractivity contribution in [2.24, 2.45) is 17.4 Å². The summed E-state index contributed by atoms with van der Waals surface area (Å²) in [4.78, 5) is 4.90. The Morgan fingerprint density at radius 1 is 1.00 bits per heavy atom. The van der Waals surface area contributed by atoms with Crippen LogP contribution in [0.15, 0.2) is 24.3 Å². The van der Waals surface area contributed by atoms with Crippen molar-refractivity contribution in [1.82, 2.24) is 25.6 Å². The third-order valence-corrected chi connectivity index (χ3v) is 4.70. The maximum atomic E-state index is 6.20. The highest BCUT2D eigenvalue weighted by Crippen LogP contribution is 2.33. The van der Waals surface area contributed by atoms with E-state index in [1.807, 2.05) is 6.92 Å². The molecule has 2 aromatic heterocycles. The molecule has 0 saturated carbocycles. The van der Waals surface area contributed by atoms with E-state index in [0.29, 0.717) is 31.3 Å². The first-order valence-electron chi connectivity index (χ1n) is 9.26. The number of benzene rings is 1. The van der Waals surface area contributed by atoms with E-state index in [2.05, 4.69) is 58.7 Å². The quantitative estimate of drug-likeness (QED) is 0.522. The van der Waals surface area contributed by atoms with Crippen molar-refractivity contribution >= 4 is 24.8 Å². The van der Waals surface area contributed by atoms with E-state index in [0.717, 1.165) is 45.6 Å². The zero-order valence-corrected chi connectivity index (χ0v) is 18.6. The van der Waals surface area contributed by atoms with Crippen LogP contribution in [-0.2, 0) is 25.9 Å². The summed E-state index contributed by atoms with van der Waals surface area (Å²) in [6.07, 6.45) is 1.45. The van der Waals surface area contributed by atoms with Crippen LogP contribution in [0.4, 0.5) is 0 Å². The molecular weight excluding hydrogens is 409 g/mol. The molecular formula is C20H29Cl2N7. The van der Waals surface area contributed by atoms with Gasteiger partial charge in [-0.2, -0.15) is 5.21 Å². The topological polar surface area (TPSA) is 119 Å². The van der Waals surface area contributed by atoms with Gasteiger partial charge < -0.3 is 11.5 Å². The second-order valence-corrected chi connectivity index (χ2v) is 7.18. The van der Waals surface area contributed by atoms with Gasteiger partial charge in [-0.3, -0.25) is 4.98 Å². The van der Waals surface area contributed by atoms with Crippen molar-refractivity contribution in [2.75, 3.05) is 0 Å². The van der Waals surface area contributed by atoms with E-state index in [9.17, 15) is 0 Å². The molecule has 5 N–H and O–H groups in total. The molecule has 2 heterocycles. The number of hydrogen-bond donors (Lipinski definition) is 3. The number of aryl methyl sites for hydroxylation is 1. The minimum absolute atomic E-state index is 0. The van der Waals surface area contributed by atoms with E-state index >= 15 is 0 Å². The minimum atomic E-state index is 0. The molecule has 0 aliphatic heterocycles. The molecule has 0 bridgehead atoms. The maximum Gasteiger partial charge on any atom is 0.179 e. The van der Waals surface area contributed by atoms with E-state index in [-0.39, 0.29) is 24.8 Å². The summed E-state index contributed by atoms with van der Waals surface area (Å²) in [6.45, 7) is 7.38. The Balaban J connectivity index is 0.00000210. The Morgan fingerprint density at radius 2 is 1.69 bits per heavy atom. The Labute approximate surface area is 183 Å². The van der Waals surface area contributed by atoms with Gasteiger partial charge in [0.25, 0.3) is 0 Å². The summed E-state index contributed by atoms with van der Waals surface area (Å²) in [5, 5.41) is 14.4. The summed E-state index contributed by atoms with van der Waals surface area (Å²) in [7, 11) is 0. The van der Waals surface area contributed by atoms with Gasteiger partial charge in [-0.25, -0.2) is 0 Å². The average Bonchev–Trinajstić information content (AvgIpc) is 3.16. The van der Waals surface area contributed by atoms with Gasteiger partial charge in [0.05, 0.1) is 0 Å². The van der Waals surface area contributed by atoms with Crippen LogP contribution in [0.3, 0.4) is 0 Å². The standard InChI is InChI=1S/C20H27N7.2ClH/c1-12(2)8-18-17(11-22)20(15-6-4-14(10-21)5-7-15)16(13(3)23-18)9-19-24-26-27-25-19;;/h4-7,12H,8-11,21-22H2,1-3H3,(H,24,25,26,27);2*1H. The maximum absolute atomic E-state index is 6.20. The highest BCUT2D eigenvalue weighted by molar-refractivity contribution is 5.85. The van der Waals surface area contributed by atoms with Crippen molar-refractivity contribution in [3.8, 4) is 11.1 Å². The Morgan fingerprint density at radius 3 is 2.21 bits per heavy atom. The van der Waals surface area contributed by atoms with Gasteiger partial charge in [0.1, 0.15) is 0 Å². The number of nitrogens with one attached hydrogen (secondary N) is 1. The lowest BCUT2D eigenvalue weighted by Crippen LogP contribution is -2.13. The molecule has 7 nitrogen and oxygen atoms in total. The fourth-order valence-corrected chi connectivity index (χ4v) is 3.41. The minimum Gasteiger partial charge on any atom is -0.326 e. The Bertz CT molecular complexity index is 894. The van der Waals surface area contributed by atoms with E-state index in [4.69, 9.17) is 16.5 Å². The van der Waals surface area contributed by atoms with Gasteiger partial charge in [-0.05, 0) is 47.1 Å². The molecule has 3 aromatic rings. The van der Waals surface area contributed by atoms with Crippen molar-refractivity contribution in [1.29, 1.82) is 0 Å². The third kappa shape index (κ3) is 5.73. The number of hydrogen-bond acceptors (Lipinski definition) is 6. The van der Waals surface area contributed by atoms with Crippen molar-refractivity contribution in [3.05, 3.63) is 58.2 Å². The summed E-state index contributed by atoms with van der Waals surface area (Å²) in [5.41, 5.74) is 19.5. The number of H-pyrrole nitrogens is 1. The predicted octanol–water partition coefficient (Wildman–Crippen LogP) is 3.12. The number of nitrogens with two attached hydrogens (primary N) is 2. The number of tetrazole rings is 1. The lowest BCUT2D eigenvalue weighted by molar-refractivity contribution is 0.628. The lowest BCUT2D eigenvalue weighted by Gasteiger charge is -2.20. The lowest BCUT2D eigenvalue weighted by atomic mass is 9.88. The molecule has 0 radical (unpaired) electrons. The monoisotopic (exact) mass is 437 g/mol. The zero-order chi connectivity index (χ0) is 19.4. The smallest absolute Gasteiger partial charge is 0.179 e. The van der Waals surface area contributed by atoms with Crippen molar-refractivity contribution in [2.45, 2.75) is 46.7 Å². The number of aromatic nitrogens is 5. The molecule has 9 heteroatoms. The first-order chi connectivity index (χ1) is 13.0. The Hall–Kier alpha value is -2.06. The van der Waals surface area contributed by atoms with Gasteiger partial charge in [0.2, 0.25) is 0 Å². The van der Waals surface area contributed by atoms with Gasteiger partial charge in [-0.15, -0.1) is 35.0 Å². The van der Waals surface area contributed by atoms with Crippen LogP contribution >= 0.6 is 24.8 Å². The van der Waals surface area contributed by atoms with Crippen molar-refractivity contribution in [3.63, 3.8) is 0 Å². The molecule has 158 valence electrons. The molecule has 0 saturated heterocycles. The average molecular weight is 438 g/mol. The largest absolute Gasteiger partial charge is 0.326 e. The summed E-state index contributed by atoms with van der Waals surface area (Å²) < 4.78 is 0. The fraction of sp³-hybridized carbons (Fsp3) is 0.400. The highest BCUT2D eigenvalue weighted by atomic mass is 35.5. The second kappa shape index (κ2) is 11.2. The van der Waals surface area contributed by atoms with Crippen LogP contribution < -0.4 is 11.5 Å². The van der Waals surface area contributed by atoms with Crippen LogP contribution in [0.5, 0.6) is 0 Å². The van der Waals surface area contributed by atoms with Crippen LogP contribution in [0.25, 0.3) is 11.1 Å². The number of halogens is 2. The normalized spacial score (nSPS) is 10.6. The van der Waals surface area contributed by atoms with Crippen LogP contribution in [0.1, 0.15) is 47.8 Å². The molecule has 0 unspecified atom stereocenters. The number of pyridine rings is 1. The molecule has 3 rings (SSSR count). The molecule has 1 aromatic carbocycles. The van der Waals surface area contributed by atoms with Crippen LogP contribution in [-0.4, -0.2) is 25.6 Å². The summed E-state index contributed by atoms with van der Waals surface area (Å²) in [5.74, 6) is 1.14. The first kappa shape index (κ1) is 25.0. The molecule has 0 aliphatic carbocycles. The van der Waals surface area contributed by atoms with Gasteiger partial charge in [0.15, 0.2) is 5.82 Å². The molecule has 0 aliphatic rings. The van der Waals surface area contributed by atoms with Gasteiger partial charge in [-0.1, -0.05) is 43.3 Å². The van der Waals surface area contributed by atoms with E-state index in [1.54, 1.807) is 0 Å². The fourth-order valence-electron chi connectivity index (χ4n) is 3.41. The van der Waals surface area contributed by atoms with Crippen LogP contribution in [0, 0.1) is 12.8 Å². The van der Waals surface area contributed by atoms with Gasteiger partial charge >= 0.3 is 0 Å². The first-order valence-corrected chi connectivity index (χ1v) is 9.26. The van der Waals surface area contributed by atoms with E-state index in [1.165, 1.54) is 0 Å². The number of rotatable bonds is 7. The summed E-state index contributed by atoms with van der Waals surface area (Å²) in [6, 6.07) is 8.33. The molecule has 0 fully saturated rings. The Kier molecular flexibility index (Phi) is 9.65. The van der Waals surface area contributed by atoms with Crippen molar-refractivity contribution < 1.29 is 0 Å². The molecule has 0 atom stereocenters. The second-order valence-electron chi connectivity index (χ2n) is 7.18. The molecule has 0 spiro atoms. The SMILES string of the molecule is Cc1nc(CC(C)C)c(CN)c(-c2ccc(CN)cc2)c1Cc1nn[nH]n1.Cl.Cl. The summed E-state index contributed by atoms with van der Waals surface area (Å²) >= 11 is 0. The molecule has 0 amide bonds. The predicted molar refractivity (Wildman–Crippen MR) is 120 cm³/mol. The number of aromatic amines is 1. The van der Waals surface area contributed by atoms with Crippen LogP contribution in [0.2, 0.25) is 0 Å². The molecule has 29 heavy (non-hydrogen) atoms. The zero-order valence-electron chi connectivity index (χ0n) is 17.0. The van der Waals surface area contributed by atoms with E-state index < -0.39 is 0 Å². The third-order valence-electron chi connectivity index (χ3n) is 4.70. The number of nitrogens with zero attached hydrogens (tertiary/aromatic N) is 4.